The number of hydrogen-bond acceptors (Lipinski definition) is 2. The zero-order chi connectivity index (χ0) is 14.8. The van der Waals surface area contributed by atoms with Crippen molar-refractivity contribution in [2.75, 3.05) is 0 Å². The van der Waals surface area contributed by atoms with E-state index in [-0.39, 0.29) is 6.10 Å². The fraction of sp³-hybridized carbons (Fsp3) is 0.778. The maximum atomic E-state index is 10.2. The molecule has 1 atom stereocenters. The molecule has 20 heavy (non-hydrogen) atoms. The van der Waals surface area contributed by atoms with Gasteiger partial charge in [0.1, 0.15) is 0 Å². The summed E-state index contributed by atoms with van der Waals surface area (Å²) in [6.45, 7) is 6.50. The minimum absolute atomic E-state index is 0.246. The van der Waals surface area contributed by atoms with E-state index < -0.39 is 0 Å². The van der Waals surface area contributed by atoms with E-state index in [1.54, 1.807) is 11.3 Å². The molecule has 116 valence electrons. The second kappa shape index (κ2) is 10.4. The van der Waals surface area contributed by atoms with Gasteiger partial charge in [-0.3, -0.25) is 0 Å². The van der Waals surface area contributed by atoms with E-state index in [0.29, 0.717) is 0 Å². The third-order valence-corrected chi connectivity index (χ3v) is 5.00. The lowest BCUT2D eigenvalue weighted by molar-refractivity contribution is 0.163. The third-order valence-electron chi connectivity index (χ3n) is 4.02. The van der Waals surface area contributed by atoms with E-state index in [0.717, 1.165) is 18.4 Å². The van der Waals surface area contributed by atoms with E-state index in [2.05, 4.69) is 26.8 Å². The second-order valence-electron chi connectivity index (χ2n) is 6.00. The van der Waals surface area contributed by atoms with Crippen molar-refractivity contribution in [2.24, 2.45) is 0 Å². The number of unbranched alkanes of at least 4 members (excludes halogenated alkanes) is 8. The number of aliphatic hydroxyl groups is 1. The topological polar surface area (TPSA) is 20.2 Å². The highest BCUT2D eigenvalue weighted by Crippen LogP contribution is 2.29. The molecule has 0 aromatic carbocycles. The van der Waals surface area contributed by atoms with Gasteiger partial charge < -0.3 is 5.11 Å². The second-order valence-corrected chi connectivity index (χ2v) is 7.46. The number of rotatable bonds is 11. The SMILES string of the molecule is CCCCCCCCCCCC(O)c1cc(C)sc1C. The van der Waals surface area contributed by atoms with Gasteiger partial charge in [-0.1, -0.05) is 64.7 Å². The molecular formula is C18H32OS. The van der Waals surface area contributed by atoms with E-state index in [1.807, 2.05) is 0 Å². The third kappa shape index (κ3) is 6.90. The molecule has 1 heterocycles. The van der Waals surface area contributed by atoms with Gasteiger partial charge in [-0.05, 0) is 31.9 Å². The normalized spacial score (nSPS) is 12.8. The average Bonchev–Trinajstić information content (AvgIpc) is 2.75. The Bertz CT molecular complexity index is 356. The van der Waals surface area contributed by atoms with Crippen molar-refractivity contribution in [3.05, 3.63) is 21.4 Å². The molecule has 0 radical (unpaired) electrons. The smallest absolute Gasteiger partial charge is 0.0800 e. The summed E-state index contributed by atoms with van der Waals surface area (Å²) in [5.74, 6) is 0. The number of aryl methyl sites for hydroxylation is 2. The first-order valence-electron chi connectivity index (χ1n) is 8.40. The molecule has 1 N–H and O–H groups in total. The zero-order valence-electron chi connectivity index (χ0n) is 13.6. The van der Waals surface area contributed by atoms with Crippen LogP contribution in [0.2, 0.25) is 0 Å². The van der Waals surface area contributed by atoms with Crippen molar-refractivity contribution in [3.63, 3.8) is 0 Å². The Morgan fingerprint density at radius 2 is 1.50 bits per heavy atom. The summed E-state index contributed by atoms with van der Waals surface area (Å²) < 4.78 is 0. The van der Waals surface area contributed by atoms with Crippen LogP contribution in [0.15, 0.2) is 6.07 Å². The molecule has 1 aromatic heterocycles. The molecule has 1 rings (SSSR count). The summed E-state index contributed by atoms with van der Waals surface area (Å²) in [7, 11) is 0. The predicted octanol–water partition coefficient (Wildman–Crippen LogP) is 6.32. The molecule has 0 aliphatic carbocycles. The molecule has 0 fully saturated rings. The van der Waals surface area contributed by atoms with E-state index in [4.69, 9.17) is 0 Å². The van der Waals surface area contributed by atoms with Crippen molar-refractivity contribution in [1.82, 2.24) is 0 Å². The standard InChI is InChI=1S/C18H32OS/c1-4-5-6-7-8-9-10-11-12-13-18(19)17-14-15(2)20-16(17)3/h14,18-19H,4-13H2,1-3H3. The summed E-state index contributed by atoms with van der Waals surface area (Å²) in [5, 5.41) is 10.2. The quantitative estimate of drug-likeness (QED) is 0.474. The number of aliphatic hydroxyl groups excluding tert-OH is 1. The molecule has 1 nitrogen and oxygen atoms in total. The Labute approximate surface area is 129 Å². The molecule has 0 bridgehead atoms. The summed E-state index contributed by atoms with van der Waals surface area (Å²) in [5.41, 5.74) is 1.16. The molecule has 0 aliphatic heterocycles. The van der Waals surface area contributed by atoms with Crippen LogP contribution < -0.4 is 0 Å². The highest BCUT2D eigenvalue weighted by Gasteiger charge is 2.12. The molecule has 0 saturated carbocycles. The molecule has 0 saturated heterocycles. The van der Waals surface area contributed by atoms with Gasteiger partial charge in [0, 0.05) is 9.75 Å². The van der Waals surface area contributed by atoms with Crippen molar-refractivity contribution in [2.45, 2.75) is 91.1 Å². The van der Waals surface area contributed by atoms with Gasteiger partial charge in [-0.2, -0.15) is 0 Å². The molecule has 1 aromatic rings. The molecule has 1 unspecified atom stereocenters. The van der Waals surface area contributed by atoms with Crippen molar-refractivity contribution < 1.29 is 5.11 Å². The van der Waals surface area contributed by atoms with Crippen LogP contribution in [0.1, 0.15) is 92.6 Å². The van der Waals surface area contributed by atoms with Crippen LogP contribution in [0.25, 0.3) is 0 Å². The minimum atomic E-state index is -0.246. The summed E-state index contributed by atoms with van der Waals surface area (Å²) in [4.78, 5) is 2.59. The van der Waals surface area contributed by atoms with Crippen LogP contribution in [0.5, 0.6) is 0 Å². The van der Waals surface area contributed by atoms with Crippen LogP contribution in [0, 0.1) is 13.8 Å². The fourth-order valence-electron chi connectivity index (χ4n) is 2.79. The van der Waals surface area contributed by atoms with Crippen molar-refractivity contribution in [1.29, 1.82) is 0 Å². The van der Waals surface area contributed by atoms with Gasteiger partial charge in [-0.25, -0.2) is 0 Å². The maximum absolute atomic E-state index is 10.2. The minimum Gasteiger partial charge on any atom is -0.388 e. The van der Waals surface area contributed by atoms with Crippen LogP contribution in [0.3, 0.4) is 0 Å². The number of hydrogen-bond donors (Lipinski definition) is 1. The van der Waals surface area contributed by atoms with Crippen molar-refractivity contribution in [3.8, 4) is 0 Å². The Morgan fingerprint density at radius 3 is 2.00 bits per heavy atom. The summed E-state index contributed by atoms with van der Waals surface area (Å²) in [6, 6.07) is 2.15. The molecular weight excluding hydrogens is 264 g/mol. The fourth-order valence-corrected chi connectivity index (χ4v) is 3.77. The lowest BCUT2D eigenvalue weighted by Crippen LogP contribution is -1.97. The monoisotopic (exact) mass is 296 g/mol. The van der Waals surface area contributed by atoms with Crippen molar-refractivity contribution >= 4 is 11.3 Å². The van der Waals surface area contributed by atoms with Gasteiger partial charge in [0.15, 0.2) is 0 Å². The van der Waals surface area contributed by atoms with Gasteiger partial charge in [0.25, 0.3) is 0 Å². The largest absolute Gasteiger partial charge is 0.388 e. The lowest BCUT2D eigenvalue weighted by atomic mass is 10.0. The van der Waals surface area contributed by atoms with E-state index >= 15 is 0 Å². The van der Waals surface area contributed by atoms with Crippen LogP contribution in [0.4, 0.5) is 0 Å². The van der Waals surface area contributed by atoms with E-state index in [9.17, 15) is 5.11 Å². The highest BCUT2D eigenvalue weighted by molar-refractivity contribution is 7.12. The molecule has 2 heteroatoms. The maximum Gasteiger partial charge on any atom is 0.0800 e. The molecule has 0 amide bonds. The number of thiophene rings is 1. The molecule has 0 aliphatic rings. The Balaban J connectivity index is 2.02. The summed E-state index contributed by atoms with van der Waals surface area (Å²) >= 11 is 1.79. The Hall–Kier alpha value is -0.340. The average molecular weight is 297 g/mol. The van der Waals surface area contributed by atoms with Crippen LogP contribution in [-0.4, -0.2) is 5.11 Å². The van der Waals surface area contributed by atoms with Gasteiger partial charge in [-0.15, -0.1) is 11.3 Å². The zero-order valence-corrected chi connectivity index (χ0v) is 14.4. The van der Waals surface area contributed by atoms with Crippen LogP contribution >= 0.6 is 11.3 Å². The first-order valence-corrected chi connectivity index (χ1v) is 9.21. The lowest BCUT2D eigenvalue weighted by Gasteiger charge is -2.10. The van der Waals surface area contributed by atoms with Crippen LogP contribution in [-0.2, 0) is 0 Å². The first kappa shape index (κ1) is 17.7. The Morgan fingerprint density at radius 1 is 0.950 bits per heavy atom. The van der Waals surface area contributed by atoms with E-state index in [1.165, 1.54) is 61.1 Å². The highest BCUT2D eigenvalue weighted by atomic mass is 32.1. The predicted molar refractivity (Wildman–Crippen MR) is 90.6 cm³/mol. The van der Waals surface area contributed by atoms with Gasteiger partial charge >= 0.3 is 0 Å². The molecule has 0 spiro atoms. The van der Waals surface area contributed by atoms with Gasteiger partial charge in [0.05, 0.1) is 6.10 Å². The summed E-state index contributed by atoms with van der Waals surface area (Å²) in [6.07, 6.45) is 12.7. The van der Waals surface area contributed by atoms with Gasteiger partial charge in [0.2, 0.25) is 0 Å². The Kier molecular flexibility index (Phi) is 9.21. The first-order chi connectivity index (χ1) is 9.65.